The summed E-state index contributed by atoms with van der Waals surface area (Å²) in [5.74, 6) is -0.0477. The highest BCUT2D eigenvalue weighted by molar-refractivity contribution is 5.96. The summed E-state index contributed by atoms with van der Waals surface area (Å²) >= 11 is 0. The van der Waals surface area contributed by atoms with Crippen LogP contribution in [0, 0.1) is 6.92 Å². The van der Waals surface area contributed by atoms with Crippen LogP contribution in [0.1, 0.15) is 70.5 Å². The molecule has 0 N–H and O–H groups in total. The Balaban J connectivity index is 1.40. The van der Waals surface area contributed by atoms with Gasteiger partial charge in [0.2, 0.25) is 0 Å². The van der Waals surface area contributed by atoms with Crippen molar-refractivity contribution in [3.8, 4) is 0 Å². The molecule has 3 aliphatic rings. The SMILES string of the molecule is CCCC=C1C=CC(N2CCN(C3CC3)C(C)C2)=CN1C(=O)C=C(C)c1cc2c(CC)nc(C)cn2n1. The van der Waals surface area contributed by atoms with E-state index >= 15 is 0 Å². The molecular weight excluding hydrogens is 460 g/mol. The van der Waals surface area contributed by atoms with E-state index in [9.17, 15) is 4.79 Å². The lowest BCUT2D eigenvalue weighted by Gasteiger charge is -2.42. The molecule has 37 heavy (non-hydrogen) atoms. The third kappa shape index (κ3) is 5.42. The van der Waals surface area contributed by atoms with Crippen LogP contribution in [-0.4, -0.2) is 66.9 Å². The number of hydrogen-bond donors (Lipinski definition) is 0. The monoisotopic (exact) mass is 500 g/mol. The molecule has 7 nitrogen and oxygen atoms in total. The first-order valence-electron chi connectivity index (χ1n) is 13.9. The van der Waals surface area contributed by atoms with Crippen molar-refractivity contribution < 1.29 is 4.79 Å². The van der Waals surface area contributed by atoms with Gasteiger partial charge in [0.05, 0.1) is 34.5 Å². The number of amides is 1. The topological polar surface area (TPSA) is 57.0 Å². The summed E-state index contributed by atoms with van der Waals surface area (Å²) in [7, 11) is 0. The van der Waals surface area contributed by atoms with Crippen molar-refractivity contribution in [3.05, 3.63) is 71.2 Å². The highest BCUT2D eigenvalue weighted by Gasteiger charge is 2.36. The van der Waals surface area contributed by atoms with Crippen LogP contribution in [-0.2, 0) is 11.2 Å². The number of carbonyl (C=O) groups is 1. The Bertz CT molecular complexity index is 1290. The summed E-state index contributed by atoms with van der Waals surface area (Å²) in [6.45, 7) is 13.6. The Morgan fingerprint density at radius 3 is 2.70 bits per heavy atom. The predicted octanol–water partition coefficient (Wildman–Crippen LogP) is 5.10. The van der Waals surface area contributed by atoms with E-state index in [-0.39, 0.29) is 5.91 Å². The van der Waals surface area contributed by atoms with Crippen molar-refractivity contribution in [2.45, 2.75) is 78.8 Å². The number of carbonyl (C=O) groups excluding carboxylic acids is 1. The first-order valence-corrected chi connectivity index (χ1v) is 13.9. The molecule has 1 atom stereocenters. The molecule has 7 heteroatoms. The fourth-order valence-electron chi connectivity index (χ4n) is 5.46. The van der Waals surface area contributed by atoms with Crippen LogP contribution in [0.5, 0.6) is 0 Å². The average Bonchev–Trinajstić information content (AvgIpc) is 3.64. The third-order valence-electron chi connectivity index (χ3n) is 7.63. The molecule has 1 saturated carbocycles. The Morgan fingerprint density at radius 2 is 2.00 bits per heavy atom. The molecule has 1 saturated heterocycles. The molecule has 2 aliphatic heterocycles. The molecule has 2 aromatic heterocycles. The summed E-state index contributed by atoms with van der Waals surface area (Å²) < 4.78 is 1.88. The largest absolute Gasteiger partial charge is 0.367 e. The van der Waals surface area contributed by atoms with E-state index in [1.807, 2.05) is 41.7 Å². The van der Waals surface area contributed by atoms with Gasteiger partial charge in [-0.3, -0.25) is 19.6 Å². The van der Waals surface area contributed by atoms with Gasteiger partial charge in [0.1, 0.15) is 0 Å². The predicted molar refractivity (Wildman–Crippen MR) is 149 cm³/mol. The van der Waals surface area contributed by atoms with Crippen molar-refractivity contribution in [1.29, 1.82) is 0 Å². The number of rotatable bonds is 7. The van der Waals surface area contributed by atoms with Gasteiger partial charge in [-0.1, -0.05) is 26.3 Å². The first kappa shape index (κ1) is 25.5. The molecule has 2 aromatic rings. The molecule has 1 amide bonds. The van der Waals surface area contributed by atoms with Gasteiger partial charge in [0.25, 0.3) is 5.91 Å². The van der Waals surface area contributed by atoms with Gasteiger partial charge in [0, 0.05) is 49.7 Å². The second-order valence-corrected chi connectivity index (χ2v) is 10.6. The number of hydrogen-bond acceptors (Lipinski definition) is 5. The minimum Gasteiger partial charge on any atom is -0.367 e. The van der Waals surface area contributed by atoms with Crippen LogP contribution in [0.4, 0.5) is 0 Å². The highest BCUT2D eigenvalue weighted by atomic mass is 16.2. The summed E-state index contributed by atoms with van der Waals surface area (Å²) in [5, 5.41) is 4.75. The van der Waals surface area contributed by atoms with E-state index in [0.29, 0.717) is 6.04 Å². The molecule has 196 valence electrons. The lowest BCUT2D eigenvalue weighted by atomic mass is 10.1. The Labute approximate surface area is 220 Å². The maximum Gasteiger partial charge on any atom is 0.255 e. The minimum absolute atomic E-state index is 0.0477. The number of nitrogens with zero attached hydrogens (tertiary/aromatic N) is 6. The fourth-order valence-corrected chi connectivity index (χ4v) is 5.46. The number of aromatic nitrogens is 3. The molecular formula is C30H40N6O. The zero-order chi connectivity index (χ0) is 26.1. The van der Waals surface area contributed by atoms with Crippen molar-refractivity contribution in [1.82, 2.24) is 29.3 Å². The molecule has 0 spiro atoms. The van der Waals surface area contributed by atoms with E-state index in [1.54, 1.807) is 6.08 Å². The highest BCUT2D eigenvalue weighted by Crippen LogP contribution is 2.32. The zero-order valence-corrected chi connectivity index (χ0v) is 22.9. The number of piperazine rings is 1. The lowest BCUT2D eigenvalue weighted by Crippen LogP contribution is -2.52. The van der Waals surface area contributed by atoms with Crippen LogP contribution in [0.15, 0.2) is 54.2 Å². The van der Waals surface area contributed by atoms with Crippen LogP contribution >= 0.6 is 0 Å². The van der Waals surface area contributed by atoms with Crippen molar-refractivity contribution >= 4 is 17.0 Å². The van der Waals surface area contributed by atoms with Gasteiger partial charge >= 0.3 is 0 Å². The van der Waals surface area contributed by atoms with E-state index < -0.39 is 0 Å². The smallest absolute Gasteiger partial charge is 0.255 e. The maximum absolute atomic E-state index is 13.6. The van der Waals surface area contributed by atoms with E-state index in [2.05, 4.69) is 53.8 Å². The van der Waals surface area contributed by atoms with Crippen LogP contribution in [0.25, 0.3) is 11.1 Å². The number of fused-ring (bicyclic) bond motifs is 1. The van der Waals surface area contributed by atoms with Crippen LogP contribution in [0.2, 0.25) is 0 Å². The molecule has 5 rings (SSSR count). The Kier molecular flexibility index (Phi) is 7.33. The quantitative estimate of drug-likeness (QED) is 0.496. The summed E-state index contributed by atoms with van der Waals surface area (Å²) in [4.78, 5) is 25.2. The molecule has 0 bridgehead atoms. The molecule has 1 unspecified atom stereocenters. The molecule has 1 aliphatic carbocycles. The minimum atomic E-state index is -0.0477. The molecule has 4 heterocycles. The number of aryl methyl sites for hydroxylation is 2. The molecule has 0 radical (unpaired) electrons. The van der Waals surface area contributed by atoms with Gasteiger partial charge in [-0.15, -0.1) is 0 Å². The number of allylic oxidation sites excluding steroid dienone is 4. The van der Waals surface area contributed by atoms with Gasteiger partial charge in [-0.25, -0.2) is 4.52 Å². The van der Waals surface area contributed by atoms with Crippen molar-refractivity contribution in [3.63, 3.8) is 0 Å². The summed E-state index contributed by atoms with van der Waals surface area (Å²) in [6, 6.07) is 3.35. The van der Waals surface area contributed by atoms with Crippen LogP contribution < -0.4 is 0 Å². The van der Waals surface area contributed by atoms with E-state index in [4.69, 9.17) is 5.10 Å². The third-order valence-corrected chi connectivity index (χ3v) is 7.63. The van der Waals surface area contributed by atoms with E-state index in [0.717, 1.165) is 84.5 Å². The Morgan fingerprint density at radius 1 is 1.19 bits per heavy atom. The van der Waals surface area contributed by atoms with Gasteiger partial charge < -0.3 is 4.90 Å². The average molecular weight is 501 g/mol. The van der Waals surface area contributed by atoms with Gasteiger partial charge in [-0.2, -0.15) is 5.10 Å². The zero-order valence-electron chi connectivity index (χ0n) is 22.9. The van der Waals surface area contributed by atoms with E-state index in [1.165, 1.54) is 12.8 Å². The maximum atomic E-state index is 13.6. The summed E-state index contributed by atoms with van der Waals surface area (Å²) in [5.41, 5.74) is 6.65. The van der Waals surface area contributed by atoms with Crippen LogP contribution in [0.3, 0.4) is 0 Å². The second-order valence-electron chi connectivity index (χ2n) is 10.6. The van der Waals surface area contributed by atoms with Gasteiger partial charge in [-0.05, 0) is 70.2 Å². The van der Waals surface area contributed by atoms with Crippen molar-refractivity contribution in [2.24, 2.45) is 0 Å². The fraction of sp³-hybridized carbons (Fsp3) is 0.500. The second kappa shape index (κ2) is 10.7. The lowest BCUT2D eigenvalue weighted by molar-refractivity contribution is -0.122. The number of unbranched alkanes of at least 4 members (excludes halogenated alkanes) is 1. The first-order chi connectivity index (χ1) is 17.9. The van der Waals surface area contributed by atoms with Gasteiger partial charge in [0.15, 0.2) is 0 Å². The molecule has 0 aromatic carbocycles. The summed E-state index contributed by atoms with van der Waals surface area (Å²) in [6.07, 6.45) is 17.6. The van der Waals surface area contributed by atoms with Crippen molar-refractivity contribution in [2.75, 3.05) is 19.6 Å². The standard InChI is InChI=1S/C30H40N6O/c1-6-8-9-24-12-13-26(33-14-15-34(23(5)19-33)25-10-11-25)20-35(24)30(37)16-21(3)28-17-29-27(7-2)31-22(4)18-36(29)32-28/h9,12-13,16-18,20,23,25H,6-8,10-11,14-15,19H2,1-5H3. The molecule has 2 fully saturated rings. The Hall–Kier alpha value is -3.19. The normalized spacial score (nSPS) is 22.3.